The first-order valence-electron chi connectivity index (χ1n) is 5.92. The van der Waals surface area contributed by atoms with Gasteiger partial charge in [-0.25, -0.2) is 4.79 Å². The minimum Gasteiger partial charge on any atom is -0.516 e. The number of carbonyl (C=O) groups is 1. The van der Waals surface area contributed by atoms with Gasteiger partial charge in [-0.2, -0.15) is 11.3 Å². The second-order valence-electron chi connectivity index (χ2n) is 4.68. The monoisotopic (exact) mass is 268 g/mol. The fraction of sp³-hybridized carbons (Fsp3) is 0.462. The smallest absolute Gasteiger partial charge is 0.320 e. The maximum absolute atomic E-state index is 12.0. The summed E-state index contributed by atoms with van der Waals surface area (Å²) in [6, 6.07) is 4.03. The molecule has 94 valence electrons. The van der Waals surface area contributed by atoms with Crippen molar-refractivity contribution in [2.75, 3.05) is 0 Å². The molecule has 2 nitrogen and oxygen atoms in total. The molecule has 0 aliphatic rings. The Morgan fingerprint density at radius 3 is 2.59 bits per heavy atom. The Morgan fingerprint density at radius 1 is 1.41 bits per heavy atom. The van der Waals surface area contributed by atoms with E-state index in [1.54, 1.807) is 11.3 Å². The standard InChI is InChI=1S/C13H20O2SSi/c1-9(2)8-11(10(3)4)13(14)15-17-12-6-5-7-16-12/h5-10H,17H2,1-4H3. The van der Waals surface area contributed by atoms with Gasteiger partial charge in [0.15, 0.2) is 0 Å². The van der Waals surface area contributed by atoms with Crippen LogP contribution in [0.1, 0.15) is 27.7 Å². The van der Waals surface area contributed by atoms with Gasteiger partial charge in [0.2, 0.25) is 0 Å². The average Bonchev–Trinajstić information content (AvgIpc) is 2.74. The van der Waals surface area contributed by atoms with Crippen LogP contribution in [-0.2, 0) is 9.22 Å². The zero-order valence-corrected chi connectivity index (χ0v) is 13.1. The van der Waals surface area contributed by atoms with Crippen molar-refractivity contribution in [1.29, 1.82) is 0 Å². The number of hydrogen-bond donors (Lipinski definition) is 0. The third-order valence-electron chi connectivity index (χ3n) is 2.30. The highest BCUT2D eigenvalue weighted by Gasteiger charge is 2.15. The lowest BCUT2D eigenvalue weighted by Gasteiger charge is -2.12. The first-order valence-corrected chi connectivity index (χ1v) is 8.08. The summed E-state index contributed by atoms with van der Waals surface area (Å²) in [5.74, 6) is 0.472. The molecule has 1 aromatic heterocycles. The molecule has 0 saturated heterocycles. The summed E-state index contributed by atoms with van der Waals surface area (Å²) < 4.78 is 6.67. The molecule has 0 unspecified atom stereocenters. The number of thiophene rings is 1. The lowest BCUT2D eigenvalue weighted by atomic mass is 9.99. The molecule has 17 heavy (non-hydrogen) atoms. The van der Waals surface area contributed by atoms with Crippen LogP contribution >= 0.6 is 11.3 Å². The summed E-state index contributed by atoms with van der Waals surface area (Å²) in [7, 11) is -0.897. The highest BCUT2D eigenvalue weighted by atomic mass is 32.1. The van der Waals surface area contributed by atoms with E-state index in [4.69, 9.17) is 4.43 Å². The summed E-state index contributed by atoms with van der Waals surface area (Å²) in [5.41, 5.74) is 0.809. The Balaban J connectivity index is 2.60. The largest absolute Gasteiger partial charge is 0.516 e. The van der Waals surface area contributed by atoms with Crippen LogP contribution in [0.5, 0.6) is 0 Å². The summed E-state index contributed by atoms with van der Waals surface area (Å²) in [4.78, 5) is 12.0. The zero-order chi connectivity index (χ0) is 12.8. The molecule has 0 bridgehead atoms. The minimum atomic E-state index is -0.897. The first kappa shape index (κ1) is 14.2. The SMILES string of the molecule is CC(C)C=C(C(=O)O[SiH2]c1cccs1)C(C)C. The molecule has 0 atom stereocenters. The predicted molar refractivity (Wildman–Crippen MR) is 76.3 cm³/mol. The van der Waals surface area contributed by atoms with E-state index in [9.17, 15) is 4.79 Å². The van der Waals surface area contributed by atoms with Crippen LogP contribution in [0.25, 0.3) is 0 Å². The van der Waals surface area contributed by atoms with Gasteiger partial charge in [0, 0.05) is 10.1 Å². The summed E-state index contributed by atoms with van der Waals surface area (Å²) in [5, 5.41) is 2.02. The van der Waals surface area contributed by atoms with Crippen LogP contribution in [0, 0.1) is 11.8 Å². The van der Waals surface area contributed by atoms with Crippen molar-refractivity contribution in [1.82, 2.24) is 0 Å². The molecule has 4 heteroatoms. The lowest BCUT2D eigenvalue weighted by molar-refractivity contribution is -0.130. The van der Waals surface area contributed by atoms with E-state index in [0.29, 0.717) is 5.92 Å². The molecule has 0 N–H and O–H groups in total. The molecule has 0 aromatic carbocycles. The van der Waals surface area contributed by atoms with Gasteiger partial charge in [-0.15, -0.1) is 0 Å². The maximum atomic E-state index is 12.0. The van der Waals surface area contributed by atoms with E-state index in [0.717, 1.165) is 5.57 Å². The molecule has 1 aromatic rings. The summed E-state index contributed by atoms with van der Waals surface area (Å²) >= 11 is 1.66. The molecule has 0 spiro atoms. The van der Waals surface area contributed by atoms with Crippen LogP contribution in [0.15, 0.2) is 29.2 Å². The quantitative estimate of drug-likeness (QED) is 0.605. The predicted octanol–water partition coefficient (Wildman–Crippen LogP) is 2.24. The second-order valence-corrected chi connectivity index (χ2v) is 7.56. The van der Waals surface area contributed by atoms with Crippen molar-refractivity contribution < 1.29 is 9.22 Å². The van der Waals surface area contributed by atoms with E-state index in [1.807, 2.05) is 37.4 Å². The van der Waals surface area contributed by atoms with Crippen molar-refractivity contribution in [2.45, 2.75) is 27.7 Å². The van der Waals surface area contributed by atoms with Crippen LogP contribution in [0.3, 0.4) is 0 Å². The van der Waals surface area contributed by atoms with E-state index < -0.39 is 9.76 Å². The number of hydrogen-bond acceptors (Lipinski definition) is 3. The van der Waals surface area contributed by atoms with Crippen LogP contribution in [0.2, 0.25) is 0 Å². The van der Waals surface area contributed by atoms with Gasteiger partial charge < -0.3 is 4.43 Å². The van der Waals surface area contributed by atoms with Crippen molar-refractivity contribution in [3.05, 3.63) is 29.2 Å². The Morgan fingerprint density at radius 2 is 2.12 bits per heavy atom. The van der Waals surface area contributed by atoms with Gasteiger partial charge in [0.1, 0.15) is 0 Å². The summed E-state index contributed by atoms with van der Waals surface area (Å²) in [6.45, 7) is 8.21. The van der Waals surface area contributed by atoms with Crippen molar-refractivity contribution in [3.63, 3.8) is 0 Å². The zero-order valence-electron chi connectivity index (χ0n) is 10.9. The number of rotatable bonds is 5. The van der Waals surface area contributed by atoms with Crippen LogP contribution in [0.4, 0.5) is 0 Å². The molecule has 0 fully saturated rings. The van der Waals surface area contributed by atoms with Crippen molar-refractivity contribution in [3.8, 4) is 0 Å². The Bertz CT molecular complexity index is 380. The van der Waals surface area contributed by atoms with Crippen molar-refractivity contribution >= 4 is 31.6 Å². The van der Waals surface area contributed by atoms with E-state index in [1.165, 1.54) is 4.50 Å². The molecule has 0 amide bonds. The third-order valence-corrected chi connectivity index (χ3v) is 4.81. The summed E-state index contributed by atoms with van der Waals surface area (Å²) in [6.07, 6.45) is 2.01. The van der Waals surface area contributed by atoms with Crippen LogP contribution < -0.4 is 4.50 Å². The molecule has 0 radical (unpaired) electrons. The Kier molecular flexibility index (Phi) is 5.65. The Labute approximate surface area is 110 Å². The molecule has 0 aliphatic carbocycles. The first-order chi connectivity index (χ1) is 8.00. The second kappa shape index (κ2) is 6.76. The van der Waals surface area contributed by atoms with Gasteiger partial charge in [-0.1, -0.05) is 39.8 Å². The fourth-order valence-electron chi connectivity index (χ4n) is 1.47. The molecule has 1 heterocycles. The highest BCUT2D eigenvalue weighted by molar-refractivity contribution is 7.19. The van der Waals surface area contributed by atoms with Gasteiger partial charge in [0.05, 0.1) is 0 Å². The van der Waals surface area contributed by atoms with Crippen molar-refractivity contribution in [2.24, 2.45) is 11.8 Å². The van der Waals surface area contributed by atoms with E-state index in [2.05, 4.69) is 13.8 Å². The minimum absolute atomic E-state index is 0.131. The van der Waals surface area contributed by atoms with Gasteiger partial charge in [-0.3, -0.25) is 0 Å². The molecular formula is C13H20O2SSi. The third kappa shape index (κ3) is 4.87. The van der Waals surface area contributed by atoms with E-state index >= 15 is 0 Å². The fourth-order valence-corrected chi connectivity index (χ4v) is 3.37. The van der Waals surface area contributed by atoms with Crippen LogP contribution in [-0.4, -0.2) is 15.7 Å². The van der Waals surface area contributed by atoms with Gasteiger partial charge >= 0.3 is 5.97 Å². The topological polar surface area (TPSA) is 26.3 Å². The average molecular weight is 268 g/mol. The highest BCUT2D eigenvalue weighted by Crippen LogP contribution is 2.14. The normalized spacial score (nSPS) is 12.9. The van der Waals surface area contributed by atoms with Gasteiger partial charge in [0.25, 0.3) is 9.76 Å². The maximum Gasteiger partial charge on any atom is 0.320 e. The number of carbonyl (C=O) groups excluding carboxylic acids is 1. The van der Waals surface area contributed by atoms with E-state index in [-0.39, 0.29) is 11.9 Å². The van der Waals surface area contributed by atoms with Gasteiger partial charge in [-0.05, 0) is 23.3 Å². The molecule has 0 saturated carbocycles. The molecule has 0 aliphatic heterocycles. The lowest BCUT2D eigenvalue weighted by Crippen LogP contribution is -2.21. The molecule has 1 rings (SSSR count). The Hall–Kier alpha value is -0.873. The molecular weight excluding hydrogens is 248 g/mol. The number of allylic oxidation sites excluding steroid dienone is 1.